The van der Waals surface area contributed by atoms with Crippen molar-refractivity contribution in [3.05, 3.63) is 71.9 Å². The van der Waals surface area contributed by atoms with Crippen LogP contribution in [0.25, 0.3) is 28.0 Å². The van der Waals surface area contributed by atoms with Crippen molar-refractivity contribution in [2.24, 2.45) is 4.36 Å². The molecule has 3 heterocycles. The molecule has 1 atom stereocenters. The van der Waals surface area contributed by atoms with Crippen LogP contribution in [0.2, 0.25) is 0 Å². The SMILES string of the molecule is Cc1c(S(O)=NC(=O)C(F)(F)F)c2ccc(C(=O)N3CCOCC3)cc2n1-c1ncc(-c2ccccc2F)cn1. The molecule has 4 aromatic rings. The Hall–Kier alpha value is -4.01. The average Bonchev–Trinajstić information content (AvgIpc) is 3.24. The number of aromatic nitrogens is 3. The summed E-state index contributed by atoms with van der Waals surface area (Å²) in [6, 6.07) is 10.5. The maximum atomic E-state index is 14.3. The summed E-state index contributed by atoms with van der Waals surface area (Å²) in [6.45, 7) is 3.05. The lowest BCUT2D eigenvalue weighted by molar-refractivity contribution is -0.169. The molecule has 1 aliphatic rings. The predicted molar refractivity (Wildman–Crippen MR) is 137 cm³/mol. The summed E-state index contributed by atoms with van der Waals surface area (Å²) >= 11 is 0. The van der Waals surface area contributed by atoms with Crippen molar-refractivity contribution in [3.8, 4) is 17.1 Å². The fourth-order valence-electron chi connectivity index (χ4n) is 4.40. The number of carbonyl (C=O) groups excluding carboxylic acids is 2. The standard InChI is InChI=1S/C26H21F4N5O4S/c1-15-22(40(38)33-24(37)26(28,29)30)19-7-6-16(23(36)34-8-10-39-11-9-34)12-21(19)35(15)25-31-13-17(14-32-25)18-4-2-3-5-20(18)27/h2-7,12-14H,8-11H2,1H3,(H,33,37,38). The predicted octanol–water partition coefficient (Wildman–Crippen LogP) is 4.73. The Bertz CT molecular complexity index is 1650. The van der Waals surface area contributed by atoms with Crippen LogP contribution in [0.1, 0.15) is 16.1 Å². The van der Waals surface area contributed by atoms with Crippen LogP contribution >= 0.6 is 0 Å². The number of hydrogen-bond donors (Lipinski definition) is 1. The Morgan fingerprint density at radius 3 is 2.40 bits per heavy atom. The van der Waals surface area contributed by atoms with Gasteiger partial charge in [0.2, 0.25) is 5.95 Å². The molecular weight excluding hydrogens is 554 g/mol. The molecular formula is C26H21F4N5O4S. The minimum atomic E-state index is -5.26. The van der Waals surface area contributed by atoms with Gasteiger partial charge in [0.1, 0.15) is 5.82 Å². The van der Waals surface area contributed by atoms with Gasteiger partial charge >= 0.3 is 12.1 Å². The first-order valence-electron chi connectivity index (χ1n) is 11.9. The van der Waals surface area contributed by atoms with Crippen LogP contribution in [-0.4, -0.2) is 68.3 Å². The Morgan fingerprint density at radius 1 is 1.07 bits per heavy atom. The van der Waals surface area contributed by atoms with Gasteiger partial charge in [-0.1, -0.05) is 24.3 Å². The highest BCUT2D eigenvalue weighted by Crippen LogP contribution is 2.33. The number of rotatable bonds is 4. The molecule has 0 spiro atoms. The molecule has 0 saturated carbocycles. The molecule has 14 heteroatoms. The Morgan fingerprint density at radius 2 is 1.75 bits per heavy atom. The van der Waals surface area contributed by atoms with Crippen LogP contribution in [0.3, 0.4) is 0 Å². The number of amides is 2. The van der Waals surface area contributed by atoms with Crippen LogP contribution < -0.4 is 0 Å². The maximum absolute atomic E-state index is 14.3. The lowest BCUT2D eigenvalue weighted by Gasteiger charge is -2.26. The van der Waals surface area contributed by atoms with Gasteiger partial charge in [0.15, 0.2) is 0 Å². The van der Waals surface area contributed by atoms with Crippen molar-refractivity contribution < 1.29 is 36.4 Å². The number of ether oxygens (including phenoxy) is 1. The Labute approximate surface area is 227 Å². The van der Waals surface area contributed by atoms with E-state index in [1.807, 2.05) is 0 Å². The van der Waals surface area contributed by atoms with Crippen molar-refractivity contribution in [1.82, 2.24) is 19.4 Å². The van der Waals surface area contributed by atoms with E-state index in [1.54, 1.807) is 23.1 Å². The van der Waals surface area contributed by atoms with E-state index >= 15 is 0 Å². The molecule has 2 aromatic heterocycles. The lowest BCUT2D eigenvalue weighted by Crippen LogP contribution is -2.40. The van der Waals surface area contributed by atoms with Crippen LogP contribution in [-0.2, 0) is 20.5 Å². The second kappa shape index (κ2) is 10.9. The van der Waals surface area contributed by atoms with E-state index in [2.05, 4.69) is 14.3 Å². The van der Waals surface area contributed by atoms with Crippen molar-refractivity contribution in [3.63, 3.8) is 0 Å². The van der Waals surface area contributed by atoms with Gasteiger partial charge in [-0.2, -0.15) is 17.5 Å². The first kappa shape index (κ1) is 27.6. The summed E-state index contributed by atoms with van der Waals surface area (Å²) in [5, 5.41) is 0.252. The summed E-state index contributed by atoms with van der Waals surface area (Å²) in [5.74, 6) is -3.14. The zero-order valence-corrected chi connectivity index (χ0v) is 21.7. The van der Waals surface area contributed by atoms with E-state index in [-0.39, 0.29) is 39.0 Å². The fraction of sp³-hybridized carbons (Fsp3) is 0.231. The molecule has 1 fully saturated rings. The molecule has 2 amide bonds. The molecule has 9 nitrogen and oxygen atoms in total. The van der Waals surface area contributed by atoms with Crippen molar-refractivity contribution in [2.75, 3.05) is 26.3 Å². The number of morpholine rings is 1. The maximum Gasteiger partial charge on any atom is 0.474 e. The molecule has 1 saturated heterocycles. The van der Waals surface area contributed by atoms with Crippen LogP contribution in [0.4, 0.5) is 17.6 Å². The first-order chi connectivity index (χ1) is 19.1. The largest absolute Gasteiger partial charge is 0.474 e. The van der Waals surface area contributed by atoms with Gasteiger partial charge in [-0.25, -0.2) is 14.4 Å². The number of benzene rings is 2. The van der Waals surface area contributed by atoms with Crippen molar-refractivity contribution >= 4 is 33.7 Å². The van der Waals surface area contributed by atoms with E-state index in [9.17, 15) is 31.7 Å². The third-order valence-corrected chi connectivity index (χ3v) is 7.53. The van der Waals surface area contributed by atoms with Gasteiger partial charge in [0.05, 0.1) is 34.6 Å². The topological polar surface area (TPSA) is 110 Å². The van der Waals surface area contributed by atoms with Crippen LogP contribution in [0, 0.1) is 12.7 Å². The third-order valence-electron chi connectivity index (χ3n) is 6.31. The highest BCUT2D eigenvalue weighted by molar-refractivity contribution is 7.82. The number of nitrogens with zero attached hydrogens (tertiary/aromatic N) is 5. The summed E-state index contributed by atoms with van der Waals surface area (Å²) in [4.78, 5) is 34.9. The Kier molecular flexibility index (Phi) is 7.49. The first-order valence-corrected chi connectivity index (χ1v) is 13.1. The van der Waals surface area contributed by atoms with E-state index < -0.39 is 28.9 Å². The smallest absolute Gasteiger partial charge is 0.378 e. The molecule has 0 aliphatic carbocycles. The van der Waals surface area contributed by atoms with E-state index in [0.717, 1.165) is 0 Å². The second-order valence-electron chi connectivity index (χ2n) is 8.80. The van der Waals surface area contributed by atoms with Crippen LogP contribution in [0.15, 0.2) is 64.1 Å². The number of carbonyl (C=O) groups is 2. The normalized spacial score (nSPS) is 15.0. The van der Waals surface area contributed by atoms with Gasteiger partial charge in [-0.15, -0.1) is 0 Å². The Balaban J connectivity index is 1.66. The van der Waals surface area contributed by atoms with Gasteiger partial charge < -0.3 is 14.2 Å². The second-order valence-corrected chi connectivity index (χ2v) is 9.92. The molecule has 0 radical (unpaired) electrons. The molecule has 1 aliphatic heterocycles. The number of alkyl halides is 3. The van der Waals surface area contributed by atoms with Gasteiger partial charge in [-0.05, 0) is 25.1 Å². The third kappa shape index (κ3) is 5.24. The van der Waals surface area contributed by atoms with Crippen molar-refractivity contribution in [2.45, 2.75) is 18.0 Å². The molecule has 1 unspecified atom stereocenters. The fourth-order valence-corrected chi connectivity index (χ4v) is 5.48. The highest BCUT2D eigenvalue weighted by atomic mass is 32.2. The quantitative estimate of drug-likeness (QED) is 0.353. The van der Waals surface area contributed by atoms with Gasteiger partial charge in [-0.3, -0.25) is 14.2 Å². The number of hydrogen-bond acceptors (Lipinski definition) is 5. The molecule has 2 aromatic carbocycles. The minimum absolute atomic E-state index is 0.0453. The summed E-state index contributed by atoms with van der Waals surface area (Å²) in [7, 11) is -2.49. The molecule has 5 rings (SSSR count). The minimum Gasteiger partial charge on any atom is -0.378 e. The number of halogens is 4. The zero-order chi connectivity index (χ0) is 28.6. The highest BCUT2D eigenvalue weighted by Gasteiger charge is 2.39. The summed E-state index contributed by atoms with van der Waals surface area (Å²) in [5.41, 5.74) is 1.43. The van der Waals surface area contributed by atoms with E-state index in [0.29, 0.717) is 37.4 Å². The summed E-state index contributed by atoms with van der Waals surface area (Å²) in [6.07, 6.45) is -2.50. The zero-order valence-electron chi connectivity index (χ0n) is 20.9. The van der Waals surface area contributed by atoms with Gasteiger partial charge in [0.25, 0.3) is 5.91 Å². The summed E-state index contributed by atoms with van der Waals surface area (Å²) < 4.78 is 73.3. The molecule has 0 bridgehead atoms. The molecule has 1 N–H and O–H groups in total. The molecule has 40 heavy (non-hydrogen) atoms. The monoisotopic (exact) mass is 575 g/mol. The van der Waals surface area contributed by atoms with E-state index in [1.165, 1.54) is 48.1 Å². The number of fused-ring (bicyclic) bond motifs is 1. The van der Waals surface area contributed by atoms with Crippen LogP contribution in [0.5, 0.6) is 0 Å². The van der Waals surface area contributed by atoms with Crippen molar-refractivity contribution in [1.29, 1.82) is 0 Å². The molecule has 208 valence electrons. The average molecular weight is 576 g/mol. The van der Waals surface area contributed by atoms with Gasteiger partial charge in [0, 0.05) is 53.3 Å². The lowest BCUT2D eigenvalue weighted by atomic mass is 10.1. The van der Waals surface area contributed by atoms with E-state index in [4.69, 9.17) is 4.74 Å².